The number of halogens is 5. The van der Waals surface area contributed by atoms with Crippen molar-refractivity contribution < 1.29 is 22.0 Å². The van der Waals surface area contributed by atoms with Crippen LogP contribution in [0.2, 0.25) is 0 Å². The first-order chi connectivity index (χ1) is 8.82. The molecule has 0 unspecified atom stereocenters. The van der Waals surface area contributed by atoms with Gasteiger partial charge in [0, 0.05) is 16.3 Å². The Hall–Kier alpha value is -1.50. The molecule has 1 aromatic heterocycles. The fourth-order valence-corrected chi connectivity index (χ4v) is 2.61. The van der Waals surface area contributed by atoms with E-state index in [9.17, 15) is 22.0 Å². The first kappa shape index (κ1) is 13.9. The average molecular weight is 293 g/mol. The van der Waals surface area contributed by atoms with E-state index in [2.05, 4.69) is 4.98 Å². The van der Waals surface area contributed by atoms with Gasteiger partial charge in [-0.25, -0.2) is 22.0 Å². The summed E-state index contributed by atoms with van der Waals surface area (Å²) >= 11 is 0.497. The van der Waals surface area contributed by atoms with E-state index < -0.39 is 34.0 Å². The predicted molar refractivity (Wildman–Crippen MR) is 60.6 cm³/mol. The zero-order valence-corrected chi connectivity index (χ0v) is 10.7. The second-order valence-corrected chi connectivity index (χ2v) is 4.99. The van der Waals surface area contributed by atoms with Crippen LogP contribution in [0.5, 0.6) is 0 Å². The van der Waals surface area contributed by atoms with Crippen molar-refractivity contribution in [3.8, 4) is 0 Å². The molecule has 0 fully saturated rings. The minimum absolute atomic E-state index is 0.403. The SMILES string of the molecule is Cc1cc(Sc2c(F)c(F)c(F)c(F)c2F)c(C)[nH]1. The van der Waals surface area contributed by atoms with Crippen LogP contribution < -0.4 is 0 Å². The van der Waals surface area contributed by atoms with Gasteiger partial charge in [0.2, 0.25) is 5.82 Å². The van der Waals surface area contributed by atoms with Gasteiger partial charge < -0.3 is 4.98 Å². The molecule has 0 aliphatic carbocycles. The van der Waals surface area contributed by atoms with E-state index in [-0.39, 0.29) is 0 Å². The van der Waals surface area contributed by atoms with Crippen LogP contribution in [-0.4, -0.2) is 4.98 Å². The largest absolute Gasteiger partial charge is 0.362 e. The maximum Gasteiger partial charge on any atom is 0.200 e. The molecule has 2 aromatic rings. The van der Waals surface area contributed by atoms with Crippen molar-refractivity contribution in [3.63, 3.8) is 0 Å². The molecule has 0 saturated heterocycles. The smallest absolute Gasteiger partial charge is 0.200 e. The van der Waals surface area contributed by atoms with Gasteiger partial charge in [0.25, 0.3) is 0 Å². The van der Waals surface area contributed by atoms with Gasteiger partial charge in [-0.2, -0.15) is 0 Å². The Balaban J connectivity index is 2.55. The minimum Gasteiger partial charge on any atom is -0.362 e. The zero-order chi connectivity index (χ0) is 14.3. The first-order valence-corrected chi connectivity index (χ1v) is 6.00. The van der Waals surface area contributed by atoms with E-state index in [1.54, 1.807) is 19.9 Å². The molecular formula is C12H8F5NS. The molecule has 0 saturated carbocycles. The zero-order valence-electron chi connectivity index (χ0n) is 9.88. The highest BCUT2D eigenvalue weighted by molar-refractivity contribution is 7.99. The minimum atomic E-state index is -2.15. The summed E-state index contributed by atoms with van der Waals surface area (Å²) in [6.45, 7) is 3.36. The van der Waals surface area contributed by atoms with E-state index in [1.165, 1.54) is 0 Å². The summed E-state index contributed by atoms with van der Waals surface area (Å²) in [7, 11) is 0. The molecule has 1 N–H and O–H groups in total. The lowest BCUT2D eigenvalue weighted by atomic mass is 10.3. The standard InChI is InChI=1S/C12H8F5NS/c1-4-3-6(5(2)18-4)19-12-10(16)8(14)7(13)9(15)11(12)17/h3,18H,1-2H3. The number of H-pyrrole nitrogens is 1. The van der Waals surface area contributed by atoms with E-state index in [0.29, 0.717) is 22.4 Å². The van der Waals surface area contributed by atoms with Gasteiger partial charge in [0.15, 0.2) is 23.3 Å². The Kier molecular flexibility index (Phi) is 3.58. The number of aromatic nitrogens is 1. The molecule has 0 amide bonds. The molecule has 102 valence electrons. The third-order valence-corrected chi connectivity index (χ3v) is 3.69. The van der Waals surface area contributed by atoms with Crippen LogP contribution in [0.1, 0.15) is 11.4 Å². The summed E-state index contributed by atoms with van der Waals surface area (Å²) < 4.78 is 65.9. The predicted octanol–water partition coefficient (Wildman–Crippen LogP) is 4.48. The maximum absolute atomic E-state index is 13.5. The van der Waals surface area contributed by atoms with Crippen molar-refractivity contribution in [2.45, 2.75) is 23.6 Å². The fraction of sp³-hybridized carbons (Fsp3) is 0.167. The Morgan fingerprint density at radius 1 is 0.842 bits per heavy atom. The van der Waals surface area contributed by atoms with Crippen molar-refractivity contribution in [1.29, 1.82) is 0 Å². The summed E-state index contributed by atoms with van der Waals surface area (Å²) in [6, 6.07) is 1.57. The number of hydrogen-bond donors (Lipinski definition) is 1. The highest BCUT2D eigenvalue weighted by atomic mass is 32.2. The monoisotopic (exact) mass is 293 g/mol. The molecule has 0 aliphatic heterocycles. The average Bonchev–Trinajstić information content (AvgIpc) is 2.68. The van der Waals surface area contributed by atoms with Crippen molar-refractivity contribution in [2.75, 3.05) is 0 Å². The summed E-state index contributed by atoms with van der Waals surface area (Å²) in [5, 5.41) is 0. The Labute approximate surface area is 109 Å². The van der Waals surface area contributed by atoms with Gasteiger partial charge in [-0.1, -0.05) is 11.8 Å². The second kappa shape index (κ2) is 4.88. The van der Waals surface area contributed by atoms with Crippen LogP contribution >= 0.6 is 11.8 Å². The van der Waals surface area contributed by atoms with Crippen molar-refractivity contribution >= 4 is 11.8 Å². The topological polar surface area (TPSA) is 15.8 Å². The van der Waals surface area contributed by atoms with Crippen LogP contribution in [0.25, 0.3) is 0 Å². The van der Waals surface area contributed by atoms with E-state index in [0.717, 1.165) is 5.69 Å². The summed E-state index contributed by atoms with van der Waals surface area (Å²) in [4.78, 5) is 2.38. The number of benzene rings is 1. The van der Waals surface area contributed by atoms with E-state index in [1.807, 2.05) is 0 Å². The molecule has 1 nitrogen and oxygen atoms in total. The molecular weight excluding hydrogens is 285 g/mol. The highest BCUT2D eigenvalue weighted by Gasteiger charge is 2.26. The van der Waals surface area contributed by atoms with Crippen molar-refractivity contribution in [1.82, 2.24) is 4.98 Å². The molecule has 0 radical (unpaired) electrons. The quantitative estimate of drug-likeness (QED) is 0.490. The van der Waals surface area contributed by atoms with Crippen LogP contribution in [0.3, 0.4) is 0 Å². The van der Waals surface area contributed by atoms with Crippen LogP contribution in [0.4, 0.5) is 22.0 Å². The summed E-state index contributed by atoms with van der Waals surface area (Å²) in [5.41, 5.74) is 1.32. The highest BCUT2D eigenvalue weighted by Crippen LogP contribution is 2.37. The molecule has 0 atom stereocenters. The van der Waals surface area contributed by atoms with Gasteiger partial charge in [0.05, 0.1) is 4.90 Å². The summed E-state index contributed by atoms with van der Waals surface area (Å²) in [5.74, 6) is -9.67. The maximum atomic E-state index is 13.5. The number of nitrogens with one attached hydrogen (secondary N) is 1. The normalized spacial score (nSPS) is 11.1. The third-order valence-electron chi connectivity index (χ3n) is 2.48. The molecule has 0 bridgehead atoms. The molecule has 0 spiro atoms. The number of rotatable bonds is 2. The van der Waals surface area contributed by atoms with Crippen LogP contribution in [0.15, 0.2) is 15.9 Å². The molecule has 0 aliphatic rings. The van der Waals surface area contributed by atoms with Gasteiger partial charge in [-0.05, 0) is 19.9 Å². The van der Waals surface area contributed by atoms with Gasteiger partial charge in [0.1, 0.15) is 0 Å². The van der Waals surface area contributed by atoms with Crippen molar-refractivity contribution in [3.05, 3.63) is 46.5 Å². The fourth-order valence-electron chi connectivity index (χ4n) is 1.59. The lowest BCUT2D eigenvalue weighted by Crippen LogP contribution is -2.03. The Bertz CT molecular complexity index is 621. The van der Waals surface area contributed by atoms with Crippen LogP contribution in [-0.2, 0) is 0 Å². The molecule has 1 heterocycles. The number of aryl methyl sites for hydroxylation is 2. The number of hydrogen-bond acceptors (Lipinski definition) is 1. The first-order valence-electron chi connectivity index (χ1n) is 5.18. The van der Waals surface area contributed by atoms with Gasteiger partial charge in [-0.15, -0.1) is 0 Å². The van der Waals surface area contributed by atoms with E-state index >= 15 is 0 Å². The lowest BCUT2D eigenvalue weighted by molar-refractivity contribution is 0.361. The molecule has 7 heteroatoms. The second-order valence-electron chi connectivity index (χ2n) is 3.94. The Morgan fingerprint density at radius 3 is 1.74 bits per heavy atom. The third kappa shape index (κ3) is 2.34. The van der Waals surface area contributed by atoms with Gasteiger partial charge >= 0.3 is 0 Å². The number of aromatic amines is 1. The lowest BCUT2D eigenvalue weighted by Gasteiger charge is -2.07. The molecule has 19 heavy (non-hydrogen) atoms. The molecule has 1 aromatic carbocycles. The molecule has 2 rings (SSSR count). The van der Waals surface area contributed by atoms with Crippen molar-refractivity contribution in [2.24, 2.45) is 0 Å². The summed E-state index contributed by atoms with van der Waals surface area (Å²) in [6.07, 6.45) is 0. The Morgan fingerprint density at radius 2 is 1.32 bits per heavy atom. The van der Waals surface area contributed by atoms with E-state index in [4.69, 9.17) is 0 Å². The van der Waals surface area contributed by atoms with Gasteiger partial charge in [-0.3, -0.25) is 0 Å². The van der Waals surface area contributed by atoms with Crippen LogP contribution in [0, 0.1) is 42.9 Å².